The summed E-state index contributed by atoms with van der Waals surface area (Å²) in [4.78, 5) is 19.5. The van der Waals surface area contributed by atoms with Crippen LogP contribution in [0.4, 0.5) is 21.6 Å². The minimum atomic E-state index is -3.93. The van der Waals surface area contributed by atoms with Crippen LogP contribution in [0.5, 0.6) is 0 Å². The Hall–Kier alpha value is -4.52. The summed E-state index contributed by atoms with van der Waals surface area (Å²) in [7, 11) is -1.74. The maximum atomic E-state index is 13.4. The number of nitrogens with one attached hydrogen (secondary N) is 2. The van der Waals surface area contributed by atoms with E-state index in [-0.39, 0.29) is 16.4 Å². The van der Waals surface area contributed by atoms with E-state index < -0.39 is 15.8 Å². The molecule has 1 fully saturated rings. The highest BCUT2D eigenvalue weighted by atomic mass is 35.5. The number of likely N-dealkylation sites (tertiary alicyclic amines) is 1. The van der Waals surface area contributed by atoms with E-state index in [1.165, 1.54) is 30.1 Å². The molecule has 234 valence electrons. The van der Waals surface area contributed by atoms with Crippen molar-refractivity contribution in [2.45, 2.75) is 24.3 Å². The Morgan fingerprint density at radius 1 is 1.00 bits per heavy atom. The molecule has 3 N–H and O–H groups in total. The molecule has 6 rings (SSSR count). The fraction of sp³-hybridized carbons (Fsp3) is 0.219. The minimum absolute atomic E-state index is 0.128. The van der Waals surface area contributed by atoms with Crippen LogP contribution in [-0.4, -0.2) is 59.6 Å². The maximum absolute atomic E-state index is 13.4. The lowest BCUT2D eigenvalue weighted by Gasteiger charge is -2.29. The molecule has 1 saturated heterocycles. The molecule has 0 bridgehead atoms. The zero-order valence-electron chi connectivity index (χ0n) is 24.4. The third kappa shape index (κ3) is 7.96. The van der Waals surface area contributed by atoms with Gasteiger partial charge in [0.2, 0.25) is 0 Å². The Morgan fingerprint density at radius 3 is 2.42 bits per heavy atom. The van der Waals surface area contributed by atoms with Gasteiger partial charge < -0.3 is 19.9 Å². The van der Waals surface area contributed by atoms with E-state index in [1.54, 1.807) is 24.3 Å². The van der Waals surface area contributed by atoms with Gasteiger partial charge in [0.15, 0.2) is 0 Å². The fourth-order valence-corrected chi connectivity index (χ4v) is 6.58. The Morgan fingerprint density at radius 2 is 1.71 bits per heavy atom. The number of carbonyl (C=O) groups is 1. The first-order valence-electron chi connectivity index (χ1n) is 14.2. The second-order valence-corrected chi connectivity index (χ2v) is 12.9. The van der Waals surface area contributed by atoms with Crippen LogP contribution >= 0.6 is 11.6 Å². The summed E-state index contributed by atoms with van der Waals surface area (Å²) in [5.41, 5.74) is 4.08. The summed E-state index contributed by atoms with van der Waals surface area (Å²) in [6, 6.07) is 20.4. The molecule has 0 saturated carbocycles. The number of piperidine rings is 1. The molecule has 0 atom stereocenters. The van der Waals surface area contributed by atoms with Gasteiger partial charge in [-0.2, -0.15) is 0 Å². The van der Waals surface area contributed by atoms with Crippen LogP contribution in [0.3, 0.4) is 0 Å². The van der Waals surface area contributed by atoms with Crippen LogP contribution in [0.1, 0.15) is 12.8 Å². The SMILES string of the molecule is CN1CCC(Cn2ccc3cc(-c4cc(Nc5ccc(NS(=O)(=O)c6ccc(F)c(Cl)c6)cc5)ncn4)ccc32)CC1.O=CO. The number of sulfonamides is 1. The zero-order chi connectivity index (χ0) is 32.0. The van der Waals surface area contributed by atoms with Gasteiger partial charge in [-0.3, -0.25) is 9.52 Å². The first kappa shape index (κ1) is 31.9. The van der Waals surface area contributed by atoms with Crippen molar-refractivity contribution in [3.8, 4) is 11.3 Å². The highest BCUT2D eigenvalue weighted by Gasteiger charge is 2.18. The van der Waals surface area contributed by atoms with Crippen LogP contribution in [0.2, 0.25) is 5.02 Å². The molecule has 0 amide bonds. The second kappa shape index (κ2) is 14.1. The normalized spacial score (nSPS) is 14.0. The largest absolute Gasteiger partial charge is 0.483 e. The van der Waals surface area contributed by atoms with E-state index in [9.17, 15) is 12.8 Å². The number of carboxylic acid groups (broad SMARTS) is 1. The average molecular weight is 651 g/mol. The van der Waals surface area contributed by atoms with E-state index in [0.29, 0.717) is 23.1 Å². The lowest BCUT2D eigenvalue weighted by Crippen LogP contribution is -2.31. The molecular formula is C32H32ClFN6O4S. The molecule has 5 aromatic rings. The highest BCUT2D eigenvalue weighted by Crippen LogP contribution is 2.28. The monoisotopic (exact) mass is 650 g/mol. The fourth-order valence-electron chi connectivity index (χ4n) is 5.25. The van der Waals surface area contributed by atoms with Crippen molar-refractivity contribution >= 4 is 56.2 Å². The average Bonchev–Trinajstić information content (AvgIpc) is 3.43. The quantitative estimate of drug-likeness (QED) is 0.163. The minimum Gasteiger partial charge on any atom is -0.483 e. The third-order valence-electron chi connectivity index (χ3n) is 7.64. The van der Waals surface area contributed by atoms with Crippen LogP contribution in [0.25, 0.3) is 22.2 Å². The molecule has 3 heterocycles. The standard InChI is InChI=1S/C31H30ClFN6O2S.CH2O2/c1-38-13-10-21(11-14-38)19-39-15-12-23-16-22(2-9-30(23)39)29-18-31(35-20-34-29)36-24-3-5-25(6-4-24)37-42(40,41)26-7-8-28(33)27(32)17-26;2-1-3/h2-9,12,15-18,20-21,37H,10-11,13-14,19H2,1H3,(H,34,35,36);1H,(H,2,3). The van der Waals surface area contributed by atoms with Crippen molar-refractivity contribution in [1.82, 2.24) is 19.4 Å². The molecule has 0 aliphatic carbocycles. The second-order valence-electron chi connectivity index (χ2n) is 10.8. The predicted molar refractivity (Wildman–Crippen MR) is 174 cm³/mol. The molecule has 10 nitrogen and oxygen atoms in total. The number of benzene rings is 3. The summed E-state index contributed by atoms with van der Waals surface area (Å²) in [5, 5.41) is 11.0. The predicted octanol–water partition coefficient (Wildman–Crippen LogP) is 6.48. The molecule has 0 spiro atoms. The van der Waals surface area contributed by atoms with Gasteiger partial charge >= 0.3 is 0 Å². The number of halogens is 2. The maximum Gasteiger partial charge on any atom is 0.290 e. The van der Waals surface area contributed by atoms with E-state index in [0.717, 1.165) is 49.1 Å². The summed E-state index contributed by atoms with van der Waals surface area (Å²) in [5.74, 6) is 0.626. The summed E-state index contributed by atoms with van der Waals surface area (Å²) >= 11 is 5.75. The van der Waals surface area contributed by atoms with Gasteiger partial charge in [-0.1, -0.05) is 17.7 Å². The molecule has 0 radical (unpaired) electrons. The van der Waals surface area contributed by atoms with Gasteiger partial charge in [0.1, 0.15) is 18.0 Å². The molecule has 0 unspecified atom stereocenters. The van der Waals surface area contributed by atoms with E-state index in [4.69, 9.17) is 21.5 Å². The van der Waals surface area contributed by atoms with Gasteiger partial charge in [-0.05, 0) is 99.6 Å². The number of rotatable bonds is 8. The van der Waals surface area contributed by atoms with Gasteiger partial charge in [0.25, 0.3) is 16.5 Å². The van der Waals surface area contributed by atoms with Crippen LogP contribution in [-0.2, 0) is 21.4 Å². The highest BCUT2D eigenvalue weighted by molar-refractivity contribution is 7.92. The van der Waals surface area contributed by atoms with E-state index in [1.807, 2.05) is 6.07 Å². The molecule has 1 aliphatic rings. The first-order valence-corrected chi connectivity index (χ1v) is 16.0. The van der Waals surface area contributed by atoms with Crippen LogP contribution in [0.15, 0.2) is 90.2 Å². The van der Waals surface area contributed by atoms with Crippen molar-refractivity contribution in [3.05, 3.63) is 96.2 Å². The zero-order valence-corrected chi connectivity index (χ0v) is 26.0. The summed E-state index contributed by atoms with van der Waals surface area (Å²) in [6.07, 6.45) is 6.16. The molecule has 13 heteroatoms. The van der Waals surface area contributed by atoms with Gasteiger partial charge in [0.05, 0.1) is 15.6 Å². The number of hydrogen-bond acceptors (Lipinski definition) is 7. The van der Waals surface area contributed by atoms with E-state index in [2.05, 4.69) is 67.0 Å². The number of anilines is 3. The smallest absolute Gasteiger partial charge is 0.290 e. The third-order valence-corrected chi connectivity index (χ3v) is 9.31. The van der Waals surface area contributed by atoms with Gasteiger partial charge in [0, 0.05) is 46.6 Å². The number of aromatic nitrogens is 3. The van der Waals surface area contributed by atoms with Crippen molar-refractivity contribution in [3.63, 3.8) is 0 Å². The lowest BCUT2D eigenvalue weighted by atomic mass is 9.97. The molecule has 45 heavy (non-hydrogen) atoms. The van der Waals surface area contributed by atoms with Crippen molar-refractivity contribution in [2.24, 2.45) is 5.92 Å². The Kier molecular flexibility index (Phi) is 9.96. The van der Waals surface area contributed by atoms with Crippen molar-refractivity contribution in [1.29, 1.82) is 0 Å². The number of hydrogen-bond donors (Lipinski definition) is 3. The van der Waals surface area contributed by atoms with E-state index >= 15 is 0 Å². The number of nitrogens with zero attached hydrogens (tertiary/aromatic N) is 4. The van der Waals surface area contributed by atoms with Crippen molar-refractivity contribution < 1.29 is 22.7 Å². The van der Waals surface area contributed by atoms with Crippen LogP contribution in [0, 0.1) is 11.7 Å². The number of fused-ring (bicyclic) bond motifs is 1. The van der Waals surface area contributed by atoms with Crippen molar-refractivity contribution in [2.75, 3.05) is 30.2 Å². The molecule has 2 aromatic heterocycles. The lowest BCUT2D eigenvalue weighted by molar-refractivity contribution is -0.122. The summed E-state index contributed by atoms with van der Waals surface area (Å²) in [6.45, 7) is 3.11. The van der Waals surface area contributed by atoms with Crippen LogP contribution < -0.4 is 10.0 Å². The summed E-state index contributed by atoms with van der Waals surface area (Å²) < 4.78 is 43.6. The van der Waals surface area contributed by atoms with Gasteiger partial charge in [-0.15, -0.1) is 0 Å². The first-order chi connectivity index (χ1) is 21.6. The molecular weight excluding hydrogens is 619 g/mol. The Bertz CT molecular complexity index is 1890. The molecule has 3 aromatic carbocycles. The Balaban J connectivity index is 0.00000128. The Labute approximate surface area is 265 Å². The molecule has 1 aliphatic heterocycles. The van der Waals surface area contributed by atoms with Gasteiger partial charge in [-0.25, -0.2) is 22.8 Å². The topological polar surface area (TPSA) is 129 Å².